The third-order valence-corrected chi connectivity index (χ3v) is 2.32. The van der Waals surface area contributed by atoms with Gasteiger partial charge in [-0.15, -0.1) is 0 Å². The molecule has 1 aliphatic rings. The third-order valence-electron chi connectivity index (χ3n) is 2.32. The third kappa shape index (κ3) is 6.12. The summed E-state index contributed by atoms with van der Waals surface area (Å²) in [6.45, 7) is 16.4. The number of nitroso groups, excluding NO2 is 1. The average Bonchev–Trinajstić information content (AvgIpc) is 2.32. The van der Waals surface area contributed by atoms with E-state index in [9.17, 15) is 4.91 Å². The number of hydrogen-bond acceptors (Lipinski definition) is 4. The van der Waals surface area contributed by atoms with Crippen molar-refractivity contribution in [3.63, 3.8) is 0 Å². The van der Waals surface area contributed by atoms with Crippen LogP contribution >= 0.6 is 0 Å². The average molecular weight is 237 g/mol. The van der Waals surface area contributed by atoms with Gasteiger partial charge in [0.1, 0.15) is 0 Å². The van der Waals surface area contributed by atoms with E-state index in [-0.39, 0.29) is 0 Å². The molecular formula is C13H23N3O. The zero-order valence-corrected chi connectivity index (χ0v) is 11.2. The zero-order valence-electron chi connectivity index (χ0n) is 11.2. The topological polar surface area (TPSA) is 45.0 Å². The molecule has 0 aromatic rings. The molecule has 0 unspecified atom stereocenters. The van der Waals surface area contributed by atoms with E-state index in [4.69, 9.17) is 0 Å². The molecule has 4 nitrogen and oxygen atoms in total. The standard InChI is InChI=1S/C11H17N3O.C2H6/c1-9(2)13-11-4-6-14(7-5-12-15)8-10(11)3;1-2/h1,3-8H2,2H3;1-2H3. The number of piperidine rings is 1. The molecule has 1 saturated heterocycles. The van der Waals surface area contributed by atoms with Gasteiger partial charge in [-0.2, -0.15) is 4.91 Å². The van der Waals surface area contributed by atoms with Crippen molar-refractivity contribution in [2.24, 2.45) is 10.2 Å². The minimum Gasteiger partial charge on any atom is -0.297 e. The van der Waals surface area contributed by atoms with E-state index in [1.165, 1.54) is 0 Å². The molecule has 4 heteroatoms. The Kier molecular flexibility index (Phi) is 8.15. The van der Waals surface area contributed by atoms with Gasteiger partial charge in [0.2, 0.25) is 0 Å². The van der Waals surface area contributed by atoms with Crippen molar-refractivity contribution in [1.82, 2.24) is 4.90 Å². The maximum atomic E-state index is 10.0. The first-order valence-electron chi connectivity index (χ1n) is 6.06. The molecule has 0 aromatic heterocycles. The molecule has 1 heterocycles. The van der Waals surface area contributed by atoms with Crippen LogP contribution in [0.5, 0.6) is 0 Å². The van der Waals surface area contributed by atoms with Crippen molar-refractivity contribution in [2.45, 2.75) is 27.2 Å². The number of hydrogen-bond donors (Lipinski definition) is 0. The second kappa shape index (κ2) is 8.82. The number of likely N-dealkylation sites (tertiary alicyclic amines) is 1. The monoisotopic (exact) mass is 237 g/mol. The molecule has 96 valence electrons. The van der Waals surface area contributed by atoms with Gasteiger partial charge in [0.15, 0.2) is 0 Å². The summed E-state index contributed by atoms with van der Waals surface area (Å²) in [7, 11) is 0. The number of nitrogens with zero attached hydrogens (tertiary/aromatic N) is 3. The first-order chi connectivity index (χ1) is 8.13. The Morgan fingerprint density at radius 3 is 2.59 bits per heavy atom. The Balaban J connectivity index is 0.00000121. The highest BCUT2D eigenvalue weighted by Crippen LogP contribution is 2.13. The number of rotatable bonds is 4. The first-order valence-corrected chi connectivity index (χ1v) is 6.06. The highest BCUT2D eigenvalue weighted by molar-refractivity contribution is 6.01. The molecule has 1 fully saturated rings. The van der Waals surface area contributed by atoms with Gasteiger partial charge in [-0.1, -0.05) is 32.2 Å². The zero-order chi connectivity index (χ0) is 13.3. The van der Waals surface area contributed by atoms with Gasteiger partial charge < -0.3 is 0 Å². The van der Waals surface area contributed by atoms with Gasteiger partial charge in [0.05, 0.1) is 6.54 Å². The minimum absolute atomic E-state index is 0.347. The quantitative estimate of drug-likeness (QED) is 0.705. The van der Waals surface area contributed by atoms with Gasteiger partial charge in [-0.05, 0) is 12.5 Å². The van der Waals surface area contributed by atoms with Crippen LogP contribution in [0.3, 0.4) is 0 Å². The predicted octanol–water partition coefficient (Wildman–Crippen LogP) is 3.02. The summed E-state index contributed by atoms with van der Waals surface area (Å²) in [5, 5.41) is 2.86. The second-order valence-corrected chi connectivity index (χ2v) is 3.78. The van der Waals surface area contributed by atoms with E-state index < -0.39 is 0 Å². The lowest BCUT2D eigenvalue weighted by molar-refractivity contribution is 0.306. The van der Waals surface area contributed by atoms with Crippen LogP contribution in [0.25, 0.3) is 0 Å². The van der Waals surface area contributed by atoms with Crippen LogP contribution < -0.4 is 0 Å². The molecule has 0 radical (unpaired) electrons. The van der Waals surface area contributed by atoms with E-state index in [0.29, 0.717) is 13.1 Å². The Labute approximate surface area is 104 Å². The van der Waals surface area contributed by atoms with E-state index in [2.05, 4.69) is 28.2 Å². The van der Waals surface area contributed by atoms with Crippen molar-refractivity contribution in [3.8, 4) is 0 Å². The molecule has 0 aliphatic carbocycles. The van der Waals surface area contributed by atoms with Gasteiger partial charge in [-0.25, -0.2) is 0 Å². The highest BCUT2D eigenvalue weighted by Gasteiger charge is 2.17. The van der Waals surface area contributed by atoms with Crippen LogP contribution in [0.15, 0.2) is 34.6 Å². The fourth-order valence-corrected chi connectivity index (χ4v) is 1.62. The molecule has 0 bridgehead atoms. The molecule has 1 aliphatic heterocycles. The summed E-state index contributed by atoms with van der Waals surface area (Å²) in [5.41, 5.74) is 2.88. The molecular weight excluding hydrogens is 214 g/mol. The van der Waals surface area contributed by atoms with E-state index in [1.54, 1.807) is 0 Å². The van der Waals surface area contributed by atoms with Crippen LogP contribution in [0, 0.1) is 4.91 Å². The van der Waals surface area contributed by atoms with Crippen LogP contribution in [-0.2, 0) is 0 Å². The van der Waals surface area contributed by atoms with E-state index in [1.807, 2.05) is 20.8 Å². The van der Waals surface area contributed by atoms with Gasteiger partial charge in [-0.3, -0.25) is 9.89 Å². The molecule has 0 N–H and O–H groups in total. The van der Waals surface area contributed by atoms with E-state index >= 15 is 0 Å². The van der Waals surface area contributed by atoms with Crippen LogP contribution in [0.2, 0.25) is 0 Å². The molecule has 17 heavy (non-hydrogen) atoms. The van der Waals surface area contributed by atoms with Gasteiger partial charge in [0, 0.05) is 37.5 Å². The summed E-state index contributed by atoms with van der Waals surface area (Å²) < 4.78 is 0. The van der Waals surface area contributed by atoms with Gasteiger partial charge >= 0.3 is 0 Å². The van der Waals surface area contributed by atoms with Crippen LogP contribution in [0.4, 0.5) is 0 Å². The molecule has 0 amide bonds. The van der Waals surface area contributed by atoms with Crippen LogP contribution in [0.1, 0.15) is 27.2 Å². The summed E-state index contributed by atoms with van der Waals surface area (Å²) in [6.07, 6.45) is 0.880. The van der Waals surface area contributed by atoms with Gasteiger partial charge in [0.25, 0.3) is 0 Å². The number of allylic oxidation sites excluding steroid dienone is 1. The number of aliphatic imine (C=N–C) groups is 1. The highest BCUT2D eigenvalue weighted by atomic mass is 16.3. The molecule has 0 saturated carbocycles. The van der Waals surface area contributed by atoms with Crippen molar-refractivity contribution < 1.29 is 0 Å². The lowest BCUT2D eigenvalue weighted by atomic mass is 10.0. The SMILES string of the molecule is C=C(C)N=C1CCN(CCN=O)CC1=C.CC. The summed E-state index contributed by atoms with van der Waals surface area (Å²) in [4.78, 5) is 16.5. The predicted molar refractivity (Wildman–Crippen MR) is 74.5 cm³/mol. The van der Waals surface area contributed by atoms with Crippen molar-refractivity contribution in [2.75, 3.05) is 26.2 Å². The Bertz CT molecular complexity index is 308. The summed E-state index contributed by atoms with van der Waals surface area (Å²) >= 11 is 0. The second-order valence-electron chi connectivity index (χ2n) is 3.78. The summed E-state index contributed by atoms with van der Waals surface area (Å²) in [5.74, 6) is 0. The summed E-state index contributed by atoms with van der Waals surface area (Å²) in [6, 6.07) is 0. The fraction of sp³-hybridized carbons (Fsp3) is 0.615. The smallest absolute Gasteiger partial charge is 0.0938 e. The maximum absolute atomic E-state index is 10.0. The molecule has 0 atom stereocenters. The molecule has 0 aromatic carbocycles. The van der Waals surface area contributed by atoms with Crippen LogP contribution in [-0.4, -0.2) is 36.8 Å². The van der Waals surface area contributed by atoms with Crippen molar-refractivity contribution in [3.05, 3.63) is 29.3 Å². The van der Waals surface area contributed by atoms with Crippen molar-refractivity contribution in [1.29, 1.82) is 0 Å². The molecule has 0 spiro atoms. The first kappa shape index (κ1) is 15.7. The minimum atomic E-state index is 0.347. The molecule has 1 rings (SSSR count). The largest absolute Gasteiger partial charge is 0.297 e. The maximum Gasteiger partial charge on any atom is 0.0938 e. The normalized spacial score (nSPS) is 18.5. The Hall–Kier alpha value is -1.29. The van der Waals surface area contributed by atoms with Crippen molar-refractivity contribution >= 4 is 5.71 Å². The Morgan fingerprint density at radius 2 is 2.12 bits per heavy atom. The fourth-order valence-electron chi connectivity index (χ4n) is 1.62. The Morgan fingerprint density at radius 1 is 1.47 bits per heavy atom. The lowest BCUT2D eigenvalue weighted by Gasteiger charge is -2.28. The lowest BCUT2D eigenvalue weighted by Crippen LogP contribution is -2.37. The van der Waals surface area contributed by atoms with E-state index in [0.717, 1.165) is 36.5 Å².